The fourth-order valence-electron chi connectivity index (χ4n) is 1.79. The molecule has 124 valence electrons. The summed E-state index contributed by atoms with van der Waals surface area (Å²) in [5, 5.41) is 10.8. The number of carbonyl (C=O) groups is 2. The molecule has 0 aliphatic heterocycles. The predicted octanol–water partition coefficient (Wildman–Crippen LogP) is 2.43. The highest BCUT2D eigenvalue weighted by atomic mass is 16.6. The molecule has 2 rings (SSSR count). The summed E-state index contributed by atoms with van der Waals surface area (Å²) in [6, 6.07) is 9.32. The van der Waals surface area contributed by atoms with Crippen molar-refractivity contribution >= 4 is 23.6 Å². The average Bonchev–Trinajstić information content (AvgIpc) is 3.07. The highest BCUT2D eigenvalue weighted by molar-refractivity contribution is 5.92. The maximum Gasteiger partial charge on any atom is 0.270 e. The predicted molar refractivity (Wildman–Crippen MR) is 86.4 cm³/mol. The van der Waals surface area contributed by atoms with E-state index in [1.165, 1.54) is 24.3 Å². The first-order valence-electron chi connectivity index (χ1n) is 7.11. The van der Waals surface area contributed by atoms with Gasteiger partial charge in [-0.1, -0.05) is 19.1 Å². The third kappa shape index (κ3) is 4.54. The van der Waals surface area contributed by atoms with Gasteiger partial charge in [0, 0.05) is 30.2 Å². The van der Waals surface area contributed by atoms with Crippen molar-refractivity contribution in [1.82, 2.24) is 10.9 Å². The lowest BCUT2D eigenvalue weighted by molar-refractivity contribution is -0.384. The average molecular weight is 329 g/mol. The van der Waals surface area contributed by atoms with E-state index in [0.717, 1.165) is 0 Å². The Morgan fingerprint density at radius 2 is 2.04 bits per heavy atom. The van der Waals surface area contributed by atoms with Gasteiger partial charge in [0.2, 0.25) is 5.91 Å². The van der Waals surface area contributed by atoms with Gasteiger partial charge in [-0.2, -0.15) is 0 Å². The number of nitrogens with one attached hydrogen (secondary N) is 2. The van der Waals surface area contributed by atoms with E-state index in [1.54, 1.807) is 31.2 Å². The molecule has 1 aromatic heterocycles. The number of rotatable bonds is 5. The molecule has 0 fully saturated rings. The zero-order chi connectivity index (χ0) is 17.5. The molecule has 0 unspecified atom stereocenters. The molecule has 24 heavy (non-hydrogen) atoms. The lowest BCUT2D eigenvalue weighted by Crippen LogP contribution is -2.40. The smallest absolute Gasteiger partial charge is 0.270 e. The Bertz CT molecular complexity index is 795. The van der Waals surface area contributed by atoms with Gasteiger partial charge in [0.25, 0.3) is 11.6 Å². The van der Waals surface area contributed by atoms with Crippen LogP contribution in [0.1, 0.15) is 19.1 Å². The minimum absolute atomic E-state index is 0.0352. The van der Waals surface area contributed by atoms with E-state index in [4.69, 9.17) is 4.42 Å². The van der Waals surface area contributed by atoms with Crippen LogP contribution >= 0.6 is 0 Å². The molecule has 1 heterocycles. The molecule has 2 aromatic rings. The minimum atomic E-state index is -0.509. The number of hydrogen-bond acceptors (Lipinski definition) is 5. The summed E-state index contributed by atoms with van der Waals surface area (Å²) in [7, 11) is 0. The molecule has 2 amide bonds. The van der Waals surface area contributed by atoms with E-state index in [0.29, 0.717) is 17.1 Å². The van der Waals surface area contributed by atoms with Crippen LogP contribution < -0.4 is 10.9 Å². The van der Waals surface area contributed by atoms with Gasteiger partial charge in [0.1, 0.15) is 11.5 Å². The van der Waals surface area contributed by atoms with Crippen LogP contribution in [-0.2, 0) is 9.59 Å². The topological polar surface area (TPSA) is 114 Å². The van der Waals surface area contributed by atoms with Crippen molar-refractivity contribution in [2.75, 3.05) is 0 Å². The lowest BCUT2D eigenvalue weighted by Gasteiger charge is -2.01. The molecule has 0 radical (unpaired) electrons. The van der Waals surface area contributed by atoms with E-state index in [1.807, 2.05) is 0 Å². The Morgan fingerprint density at radius 1 is 1.25 bits per heavy atom. The van der Waals surface area contributed by atoms with Crippen LogP contribution in [0.5, 0.6) is 0 Å². The highest BCUT2D eigenvalue weighted by Crippen LogP contribution is 2.26. The highest BCUT2D eigenvalue weighted by Gasteiger charge is 2.09. The van der Waals surface area contributed by atoms with Crippen molar-refractivity contribution in [2.45, 2.75) is 13.3 Å². The van der Waals surface area contributed by atoms with E-state index in [-0.39, 0.29) is 18.0 Å². The molecule has 0 atom stereocenters. The minimum Gasteiger partial charge on any atom is -0.457 e. The molecule has 8 heteroatoms. The number of nitrogens with zero attached hydrogens (tertiary/aromatic N) is 1. The molecule has 0 bridgehead atoms. The Kier molecular flexibility index (Phi) is 5.45. The molecule has 0 saturated carbocycles. The maximum absolute atomic E-state index is 11.5. The molecule has 8 nitrogen and oxygen atoms in total. The number of hydrogen-bond donors (Lipinski definition) is 2. The van der Waals surface area contributed by atoms with Gasteiger partial charge in [0.15, 0.2) is 0 Å². The van der Waals surface area contributed by atoms with Crippen molar-refractivity contribution in [1.29, 1.82) is 0 Å². The normalized spacial score (nSPS) is 10.5. The zero-order valence-electron chi connectivity index (χ0n) is 12.8. The van der Waals surface area contributed by atoms with Gasteiger partial charge in [-0.05, 0) is 18.2 Å². The first-order valence-corrected chi connectivity index (χ1v) is 7.11. The van der Waals surface area contributed by atoms with E-state index in [2.05, 4.69) is 10.9 Å². The molecule has 1 aromatic carbocycles. The van der Waals surface area contributed by atoms with E-state index >= 15 is 0 Å². The van der Waals surface area contributed by atoms with Crippen LogP contribution in [0.2, 0.25) is 0 Å². The Labute approximate surface area is 137 Å². The fraction of sp³-hybridized carbons (Fsp3) is 0.125. The summed E-state index contributed by atoms with van der Waals surface area (Å²) in [5.41, 5.74) is 4.98. The SMILES string of the molecule is CCC(=O)NNC(=O)C=Cc1ccc(-c2cccc([N+](=O)[O-])c2)o1. The van der Waals surface area contributed by atoms with Crippen molar-refractivity contribution in [3.63, 3.8) is 0 Å². The van der Waals surface area contributed by atoms with Gasteiger partial charge in [-0.25, -0.2) is 0 Å². The maximum atomic E-state index is 11.5. The number of nitro groups is 1. The number of non-ortho nitro benzene ring substituents is 1. The molecule has 0 aliphatic carbocycles. The molecule has 0 spiro atoms. The Morgan fingerprint density at radius 3 is 2.75 bits per heavy atom. The van der Waals surface area contributed by atoms with Crippen LogP contribution in [0.25, 0.3) is 17.4 Å². The summed E-state index contributed by atoms with van der Waals surface area (Å²) in [4.78, 5) is 32.8. The third-order valence-electron chi connectivity index (χ3n) is 3.01. The molecular weight excluding hydrogens is 314 g/mol. The first kappa shape index (κ1) is 16.9. The van der Waals surface area contributed by atoms with E-state index < -0.39 is 10.8 Å². The van der Waals surface area contributed by atoms with Crippen molar-refractivity contribution < 1.29 is 18.9 Å². The second-order valence-electron chi connectivity index (χ2n) is 4.73. The van der Waals surface area contributed by atoms with Gasteiger partial charge < -0.3 is 4.42 Å². The van der Waals surface area contributed by atoms with Crippen molar-refractivity contribution in [2.24, 2.45) is 0 Å². The number of carbonyl (C=O) groups excluding carboxylic acids is 2. The molecule has 2 N–H and O–H groups in total. The largest absolute Gasteiger partial charge is 0.457 e. The number of benzene rings is 1. The molecule has 0 saturated heterocycles. The Balaban J connectivity index is 2.04. The number of furan rings is 1. The summed E-state index contributed by atoms with van der Waals surface area (Å²) >= 11 is 0. The van der Waals surface area contributed by atoms with Crippen molar-refractivity contribution in [3.05, 3.63) is 58.3 Å². The van der Waals surface area contributed by atoms with Crippen LogP contribution in [-0.4, -0.2) is 16.7 Å². The van der Waals surface area contributed by atoms with Gasteiger partial charge >= 0.3 is 0 Å². The number of hydrazine groups is 1. The summed E-state index contributed by atoms with van der Waals surface area (Å²) < 4.78 is 5.52. The second-order valence-corrected chi connectivity index (χ2v) is 4.73. The fourth-order valence-corrected chi connectivity index (χ4v) is 1.79. The van der Waals surface area contributed by atoms with Crippen LogP contribution in [0.4, 0.5) is 5.69 Å². The Hall–Kier alpha value is -3.42. The third-order valence-corrected chi connectivity index (χ3v) is 3.01. The van der Waals surface area contributed by atoms with Gasteiger partial charge in [0.05, 0.1) is 4.92 Å². The summed E-state index contributed by atoms with van der Waals surface area (Å²) in [5.74, 6) is 0.0272. The monoisotopic (exact) mass is 329 g/mol. The van der Waals surface area contributed by atoms with Crippen molar-refractivity contribution in [3.8, 4) is 11.3 Å². The van der Waals surface area contributed by atoms with Crippen LogP contribution in [0, 0.1) is 10.1 Å². The zero-order valence-corrected chi connectivity index (χ0v) is 12.8. The molecule has 0 aliphatic rings. The quantitative estimate of drug-likeness (QED) is 0.496. The van der Waals surface area contributed by atoms with E-state index in [9.17, 15) is 19.7 Å². The number of amides is 2. The van der Waals surface area contributed by atoms with Crippen LogP contribution in [0.3, 0.4) is 0 Å². The van der Waals surface area contributed by atoms with Gasteiger partial charge in [-0.3, -0.25) is 30.6 Å². The van der Waals surface area contributed by atoms with Crippen LogP contribution in [0.15, 0.2) is 46.9 Å². The van der Waals surface area contributed by atoms with Gasteiger partial charge in [-0.15, -0.1) is 0 Å². The number of nitro benzene ring substituents is 1. The summed E-state index contributed by atoms with van der Waals surface area (Å²) in [6.07, 6.45) is 2.88. The summed E-state index contributed by atoms with van der Waals surface area (Å²) in [6.45, 7) is 1.66. The first-order chi connectivity index (χ1) is 11.5. The second kappa shape index (κ2) is 7.73. The standard InChI is InChI=1S/C16H15N3O5/c1-2-15(20)17-18-16(21)9-7-13-6-8-14(24-13)11-4-3-5-12(10-11)19(22)23/h3-10H,2H2,1H3,(H,17,20)(H,18,21). The lowest BCUT2D eigenvalue weighted by atomic mass is 10.1. The molecular formula is C16H15N3O5.